The molecule has 0 radical (unpaired) electrons. The van der Waals surface area contributed by atoms with Crippen LogP contribution in [-0.4, -0.2) is 12.1 Å². The molecule has 2 rings (SSSR count). The fourth-order valence-electron chi connectivity index (χ4n) is 1.78. The van der Waals surface area contributed by atoms with Crippen molar-refractivity contribution >= 4 is 15.9 Å². The van der Waals surface area contributed by atoms with Crippen LogP contribution in [0.3, 0.4) is 0 Å². The molecule has 0 aliphatic heterocycles. The van der Waals surface area contributed by atoms with E-state index in [1.165, 1.54) is 13.2 Å². The summed E-state index contributed by atoms with van der Waals surface area (Å²) in [7, 11) is 1.46. The van der Waals surface area contributed by atoms with Crippen LogP contribution in [0.25, 0.3) is 11.3 Å². The van der Waals surface area contributed by atoms with Crippen molar-refractivity contribution in [1.82, 2.24) is 4.98 Å². The molecule has 20 heavy (non-hydrogen) atoms. The summed E-state index contributed by atoms with van der Waals surface area (Å²) in [5.41, 5.74) is 0.788. The maximum absolute atomic E-state index is 12.8. The zero-order valence-electron chi connectivity index (χ0n) is 10.5. The number of methoxy groups -OCH3 is 1. The van der Waals surface area contributed by atoms with Gasteiger partial charge in [0.05, 0.1) is 18.4 Å². The molecule has 0 unspecified atom stereocenters. The lowest BCUT2D eigenvalue weighted by Gasteiger charge is -2.11. The second kappa shape index (κ2) is 5.83. The van der Waals surface area contributed by atoms with Crippen LogP contribution in [-0.2, 0) is 11.5 Å². The summed E-state index contributed by atoms with van der Waals surface area (Å²) >= 11 is 3.27. The summed E-state index contributed by atoms with van der Waals surface area (Å²) in [6, 6.07) is 8.50. The summed E-state index contributed by atoms with van der Waals surface area (Å²) in [6.07, 6.45) is -4.38. The van der Waals surface area contributed by atoms with Crippen molar-refractivity contribution < 1.29 is 17.9 Å². The van der Waals surface area contributed by atoms with Gasteiger partial charge in [0.15, 0.2) is 0 Å². The first-order valence-electron chi connectivity index (χ1n) is 5.73. The number of hydrogen-bond donors (Lipinski definition) is 0. The highest BCUT2D eigenvalue weighted by Gasteiger charge is 2.30. The molecule has 2 aromatic rings. The smallest absolute Gasteiger partial charge is 0.416 e. The number of rotatable bonds is 3. The highest BCUT2D eigenvalue weighted by molar-refractivity contribution is 9.08. The highest BCUT2D eigenvalue weighted by Crippen LogP contribution is 2.34. The zero-order chi connectivity index (χ0) is 14.8. The number of pyridine rings is 1. The van der Waals surface area contributed by atoms with Crippen molar-refractivity contribution in [2.45, 2.75) is 11.5 Å². The lowest BCUT2D eigenvalue weighted by molar-refractivity contribution is -0.137. The molecule has 0 bridgehead atoms. The maximum atomic E-state index is 12.8. The Morgan fingerprint density at radius 1 is 1.20 bits per heavy atom. The van der Waals surface area contributed by atoms with E-state index >= 15 is 0 Å². The molecule has 106 valence electrons. The molecule has 2 nitrogen and oxygen atoms in total. The largest absolute Gasteiger partial charge is 0.494 e. The molecule has 0 aliphatic rings. The van der Waals surface area contributed by atoms with Crippen molar-refractivity contribution in [2.24, 2.45) is 0 Å². The summed E-state index contributed by atoms with van der Waals surface area (Å²) in [6.45, 7) is 0. The van der Waals surface area contributed by atoms with Gasteiger partial charge >= 0.3 is 6.18 Å². The number of ether oxygens (including phenoxy) is 1. The topological polar surface area (TPSA) is 22.1 Å². The summed E-state index contributed by atoms with van der Waals surface area (Å²) < 4.78 is 43.4. The first kappa shape index (κ1) is 14.8. The van der Waals surface area contributed by atoms with Gasteiger partial charge < -0.3 is 4.74 Å². The summed E-state index contributed by atoms with van der Waals surface area (Å²) in [5.74, 6) is 0.439. The molecule has 0 fully saturated rings. The van der Waals surface area contributed by atoms with E-state index in [2.05, 4.69) is 20.9 Å². The fourth-order valence-corrected chi connectivity index (χ4v) is 2.09. The van der Waals surface area contributed by atoms with Crippen molar-refractivity contribution in [3.8, 4) is 17.0 Å². The van der Waals surface area contributed by atoms with E-state index in [1.54, 1.807) is 18.2 Å². The monoisotopic (exact) mass is 345 g/mol. The van der Waals surface area contributed by atoms with Gasteiger partial charge in [0.25, 0.3) is 0 Å². The number of alkyl halides is 4. The van der Waals surface area contributed by atoms with Crippen LogP contribution in [0.5, 0.6) is 5.75 Å². The first-order chi connectivity index (χ1) is 9.45. The van der Waals surface area contributed by atoms with Gasteiger partial charge in [0, 0.05) is 10.9 Å². The molecular formula is C14H11BrF3NO. The third-order valence-corrected chi connectivity index (χ3v) is 3.31. The Bertz CT molecular complexity index is 614. The third kappa shape index (κ3) is 3.12. The molecule has 0 saturated heterocycles. The molecule has 6 heteroatoms. The first-order valence-corrected chi connectivity index (χ1v) is 6.85. The highest BCUT2D eigenvalue weighted by atomic mass is 79.9. The lowest BCUT2D eigenvalue weighted by atomic mass is 10.1. The standard InChI is InChI=1S/C14H11BrF3NO/c1-20-12-6-5-11(8-15)19-13(12)9-3-2-4-10(7-9)14(16,17)18/h2-7H,8H2,1H3. The third-order valence-electron chi connectivity index (χ3n) is 2.74. The van der Waals surface area contributed by atoms with Crippen LogP contribution in [0.4, 0.5) is 13.2 Å². The number of aromatic nitrogens is 1. The molecule has 0 aliphatic carbocycles. The maximum Gasteiger partial charge on any atom is 0.416 e. The number of benzene rings is 1. The predicted molar refractivity (Wildman–Crippen MR) is 73.9 cm³/mol. The van der Waals surface area contributed by atoms with E-state index in [-0.39, 0.29) is 0 Å². The van der Waals surface area contributed by atoms with E-state index in [9.17, 15) is 13.2 Å². The van der Waals surface area contributed by atoms with E-state index in [0.717, 1.165) is 17.8 Å². The van der Waals surface area contributed by atoms with E-state index in [4.69, 9.17) is 4.74 Å². The van der Waals surface area contributed by atoms with Gasteiger partial charge in [-0.1, -0.05) is 28.1 Å². The van der Waals surface area contributed by atoms with Crippen LogP contribution >= 0.6 is 15.9 Å². The Balaban J connectivity index is 2.55. The Morgan fingerprint density at radius 3 is 2.55 bits per heavy atom. The zero-order valence-corrected chi connectivity index (χ0v) is 12.1. The summed E-state index contributed by atoms with van der Waals surface area (Å²) in [4.78, 5) is 4.32. The van der Waals surface area contributed by atoms with E-state index in [0.29, 0.717) is 22.3 Å². The van der Waals surface area contributed by atoms with Crippen LogP contribution < -0.4 is 4.74 Å². The number of halogens is 4. The van der Waals surface area contributed by atoms with Crippen LogP contribution in [0.2, 0.25) is 0 Å². The summed E-state index contributed by atoms with van der Waals surface area (Å²) in [5, 5.41) is 0.517. The molecule has 0 amide bonds. The Hall–Kier alpha value is -1.56. The predicted octanol–water partition coefficient (Wildman–Crippen LogP) is 4.67. The van der Waals surface area contributed by atoms with Crippen LogP contribution in [0.1, 0.15) is 11.3 Å². The van der Waals surface area contributed by atoms with Gasteiger partial charge in [-0.05, 0) is 24.3 Å². The Morgan fingerprint density at radius 2 is 1.95 bits per heavy atom. The molecule has 0 N–H and O–H groups in total. The quantitative estimate of drug-likeness (QED) is 0.754. The van der Waals surface area contributed by atoms with Gasteiger partial charge in [0.1, 0.15) is 11.4 Å². The minimum atomic E-state index is -4.38. The molecule has 1 heterocycles. The van der Waals surface area contributed by atoms with Crippen molar-refractivity contribution in [2.75, 3.05) is 7.11 Å². The minimum absolute atomic E-state index is 0.375. The Labute approximate surface area is 122 Å². The average molecular weight is 346 g/mol. The SMILES string of the molecule is COc1ccc(CBr)nc1-c1cccc(C(F)(F)F)c1. The average Bonchev–Trinajstić information content (AvgIpc) is 2.45. The normalized spacial score (nSPS) is 11.4. The van der Waals surface area contributed by atoms with Gasteiger partial charge in [-0.15, -0.1) is 0 Å². The van der Waals surface area contributed by atoms with Crippen molar-refractivity contribution in [3.05, 3.63) is 47.7 Å². The van der Waals surface area contributed by atoms with Crippen molar-refractivity contribution in [3.63, 3.8) is 0 Å². The molecule has 1 aromatic heterocycles. The van der Waals surface area contributed by atoms with Crippen LogP contribution in [0, 0.1) is 0 Å². The van der Waals surface area contributed by atoms with E-state index in [1.807, 2.05) is 0 Å². The molecular weight excluding hydrogens is 335 g/mol. The Kier molecular flexibility index (Phi) is 4.32. The number of nitrogens with zero attached hydrogens (tertiary/aromatic N) is 1. The molecule has 0 saturated carbocycles. The second-order valence-electron chi connectivity index (χ2n) is 4.07. The molecule has 0 atom stereocenters. The van der Waals surface area contributed by atoms with Gasteiger partial charge in [0.2, 0.25) is 0 Å². The van der Waals surface area contributed by atoms with Gasteiger partial charge in [-0.2, -0.15) is 13.2 Å². The lowest BCUT2D eigenvalue weighted by Crippen LogP contribution is -2.05. The van der Waals surface area contributed by atoms with Crippen molar-refractivity contribution in [1.29, 1.82) is 0 Å². The minimum Gasteiger partial charge on any atom is -0.494 e. The van der Waals surface area contributed by atoms with Gasteiger partial charge in [-0.3, -0.25) is 0 Å². The van der Waals surface area contributed by atoms with E-state index < -0.39 is 11.7 Å². The second-order valence-corrected chi connectivity index (χ2v) is 4.63. The fraction of sp³-hybridized carbons (Fsp3) is 0.214. The van der Waals surface area contributed by atoms with Crippen LogP contribution in [0.15, 0.2) is 36.4 Å². The molecule has 0 spiro atoms. The van der Waals surface area contributed by atoms with Gasteiger partial charge in [-0.25, -0.2) is 4.98 Å². The molecule has 1 aromatic carbocycles. The number of hydrogen-bond acceptors (Lipinski definition) is 2.